The van der Waals surface area contributed by atoms with E-state index in [2.05, 4.69) is 41.8 Å². The Morgan fingerprint density at radius 3 is 2.85 bits per heavy atom. The maximum atomic E-state index is 12.2. The van der Waals surface area contributed by atoms with E-state index in [1.165, 1.54) is 22.2 Å². The van der Waals surface area contributed by atoms with Crippen LogP contribution in [0.25, 0.3) is 10.9 Å². The van der Waals surface area contributed by atoms with Crippen molar-refractivity contribution in [2.24, 2.45) is 18.9 Å². The molecule has 5 heteroatoms. The van der Waals surface area contributed by atoms with Crippen molar-refractivity contribution in [1.82, 2.24) is 9.47 Å². The second kappa shape index (κ2) is 5.86. The summed E-state index contributed by atoms with van der Waals surface area (Å²) < 4.78 is 13.5. The Kier molecular flexibility index (Phi) is 3.66. The summed E-state index contributed by atoms with van der Waals surface area (Å²) in [4.78, 5) is 14.7. The number of fused-ring (bicyclic) bond motifs is 8. The van der Waals surface area contributed by atoms with E-state index < -0.39 is 0 Å². The van der Waals surface area contributed by atoms with E-state index in [-0.39, 0.29) is 5.78 Å². The quantitative estimate of drug-likeness (QED) is 0.819. The minimum Gasteiger partial charge on any atom is -0.500 e. The van der Waals surface area contributed by atoms with Gasteiger partial charge in [0, 0.05) is 41.7 Å². The number of rotatable bonds is 2. The minimum absolute atomic E-state index is 0.148. The number of hydrogen-bond acceptors (Lipinski definition) is 4. The molecule has 5 rings (SSSR count). The maximum Gasteiger partial charge on any atom is 0.159 e. The molecule has 27 heavy (non-hydrogen) atoms. The number of carbonyl (C=O) groups excluding carboxylic acids is 1. The van der Waals surface area contributed by atoms with Gasteiger partial charge >= 0.3 is 0 Å². The molecule has 1 aromatic heterocycles. The number of Topliss-reactive ketones (excluding diaryl/α,β-unsaturated/α-hetero) is 1. The van der Waals surface area contributed by atoms with Crippen LogP contribution in [0.4, 0.5) is 0 Å². The SMILES string of the molecule is COc1ccc2c3c(n(C)c2c1)[C@@H]1C[C@H]2C(C(C)=O)=COC[C@H]2[C@H](C3)N1C. The van der Waals surface area contributed by atoms with Crippen molar-refractivity contribution < 1.29 is 14.3 Å². The molecule has 0 unspecified atom stereocenters. The van der Waals surface area contributed by atoms with E-state index in [4.69, 9.17) is 9.47 Å². The molecule has 1 fully saturated rings. The molecule has 2 aromatic rings. The van der Waals surface area contributed by atoms with Gasteiger partial charge < -0.3 is 14.0 Å². The van der Waals surface area contributed by atoms with Crippen LogP contribution in [0.15, 0.2) is 30.0 Å². The topological polar surface area (TPSA) is 43.7 Å². The lowest BCUT2D eigenvalue weighted by atomic mass is 9.67. The molecular formula is C22H26N2O3. The number of likely N-dealkylation sites (N-methyl/N-ethyl adjacent to an activating group) is 1. The standard InChI is InChI=1S/C22H26N2O3/c1-12(25)17-10-27-11-18-15(17)8-21-22-16(9-20(18)23(21)2)14-6-5-13(26-4)7-19(14)24(22)3/h5-7,10,15,18,20-21H,8-9,11H2,1-4H3/t15-,18+,20-,21-/m0/s1. The highest BCUT2D eigenvalue weighted by Gasteiger charge is 2.50. The predicted octanol–water partition coefficient (Wildman–Crippen LogP) is 3.22. The molecule has 1 saturated heterocycles. The predicted molar refractivity (Wildman–Crippen MR) is 104 cm³/mol. The Bertz CT molecular complexity index is 974. The van der Waals surface area contributed by atoms with Crippen LogP contribution >= 0.6 is 0 Å². The zero-order valence-corrected chi connectivity index (χ0v) is 16.4. The molecule has 4 heterocycles. The zero-order chi connectivity index (χ0) is 18.9. The summed E-state index contributed by atoms with van der Waals surface area (Å²) in [6.45, 7) is 2.37. The first-order valence-electron chi connectivity index (χ1n) is 9.71. The van der Waals surface area contributed by atoms with E-state index in [1.54, 1.807) is 20.3 Å². The van der Waals surface area contributed by atoms with Gasteiger partial charge in [-0.3, -0.25) is 9.69 Å². The number of nitrogens with zero attached hydrogens (tertiary/aromatic N) is 2. The lowest BCUT2D eigenvalue weighted by Gasteiger charge is -2.52. The molecular weight excluding hydrogens is 340 g/mol. The van der Waals surface area contributed by atoms with Gasteiger partial charge in [0.1, 0.15) is 5.75 Å². The van der Waals surface area contributed by atoms with Crippen LogP contribution in [0, 0.1) is 11.8 Å². The number of aryl methyl sites for hydroxylation is 1. The van der Waals surface area contributed by atoms with Crippen molar-refractivity contribution in [2.45, 2.75) is 31.8 Å². The van der Waals surface area contributed by atoms with E-state index >= 15 is 0 Å². The van der Waals surface area contributed by atoms with Crippen molar-refractivity contribution >= 4 is 16.7 Å². The van der Waals surface area contributed by atoms with Crippen molar-refractivity contribution in [3.63, 3.8) is 0 Å². The number of ketones is 1. The van der Waals surface area contributed by atoms with Crippen molar-refractivity contribution in [3.8, 4) is 5.75 Å². The van der Waals surface area contributed by atoms with Crippen LogP contribution in [0.3, 0.4) is 0 Å². The number of piperidine rings is 1. The summed E-state index contributed by atoms with van der Waals surface area (Å²) in [7, 11) is 6.11. The number of hydrogen-bond donors (Lipinski definition) is 0. The fraction of sp³-hybridized carbons (Fsp3) is 0.500. The third kappa shape index (κ3) is 2.24. The van der Waals surface area contributed by atoms with Gasteiger partial charge in [0.25, 0.3) is 0 Å². The lowest BCUT2D eigenvalue weighted by molar-refractivity contribution is -0.116. The summed E-state index contributed by atoms with van der Waals surface area (Å²) in [6.07, 6.45) is 3.69. The molecule has 3 aliphatic rings. The van der Waals surface area contributed by atoms with Gasteiger partial charge in [-0.15, -0.1) is 0 Å². The van der Waals surface area contributed by atoms with Gasteiger partial charge in [-0.25, -0.2) is 0 Å². The highest BCUT2D eigenvalue weighted by molar-refractivity contribution is 5.94. The number of allylic oxidation sites excluding steroid dienone is 1. The van der Waals surface area contributed by atoms with Crippen molar-refractivity contribution in [2.75, 3.05) is 20.8 Å². The van der Waals surface area contributed by atoms with Crippen LogP contribution in [-0.4, -0.2) is 42.1 Å². The molecule has 142 valence electrons. The van der Waals surface area contributed by atoms with Gasteiger partial charge in [-0.1, -0.05) is 0 Å². The van der Waals surface area contributed by atoms with E-state index in [0.717, 1.165) is 24.2 Å². The molecule has 1 aromatic carbocycles. The summed E-state index contributed by atoms with van der Waals surface area (Å²) in [5.74, 6) is 1.70. The average Bonchev–Trinajstić information content (AvgIpc) is 2.93. The Morgan fingerprint density at radius 1 is 1.30 bits per heavy atom. The van der Waals surface area contributed by atoms with E-state index in [1.807, 2.05) is 0 Å². The molecule has 0 spiro atoms. The van der Waals surface area contributed by atoms with Gasteiger partial charge in [-0.2, -0.15) is 0 Å². The second-order valence-electron chi connectivity index (χ2n) is 8.23. The van der Waals surface area contributed by atoms with Crippen LogP contribution in [0.1, 0.15) is 30.6 Å². The molecule has 0 aliphatic carbocycles. The van der Waals surface area contributed by atoms with Gasteiger partial charge in [0.2, 0.25) is 0 Å². The highest BCUT2D eigenvalue weighted by atomic mass is 16.5. The smallest absolute Gasteiger partial charge is 0.159 e. The molecule has 5 nitrogen and oxygen atoms in total. The summed E-state index contributed by atoms with van der Waals surface area (Å²) in [6, 6.07) is 7.11. The average molecular weight is 366 g/mol. The van der Waals surface area contributed by atoms with Gasteiger partial charge in [-0.05, 0) is 50.4 Å². The van der Waals surface area contributed by atoms with E-state index in [0.29, 0.717) is 30.5 Å². The monoisotopic (exact) mass is 366 g/mol. The molecule has 0 saturated carbocycles. The largest absolute Gasteiger partial charge is 0.500 e. The molecule has 0 N–H and O–H groups in total. The second-order valence-corrected chi connectivity index (χ2v) is 8.23. The van der Waals surface area contributed by atoms with Crippen LogP contribution < -0.4 is 4.74 Å². The van der Waals surface area contributed by atoms with E-state index in [9.17, 15) is 4.79 Å². The normalized spacial score (nSPS) is 29.6. The number of aromatic nitrogens is 1. The van der Waals surface area contributed by atoms with Crippen molar-refractivity contribution in [1.29, 1.82) is 0 Å². The van der Waals surface area contributed by atoms with Crippen LogP contribution in [0.2, 0.25) is 0 Å². The van der Waals surface area contributed by atoms with Gasteiger partial charge in [0.05, 0.1) is 31.5 Å². The Labute approximate surface area is 159 Å². The molecule has 0 amide bonds. The first-order valence-corrected chi connectivity index (χ1v) is 9.71. The number of ether oxygens (including phenoxy) is 2. The minimum atomic E-state index is 0.148. The third-order valence-corrected chi connectivity index (χ3v) is 7.10. The summed E-state index contributed by atoms with van der Waals surface area (Å²) >= 11 is 0. The number of methoxy groups -OCH3 is 1. The fourth-order valence-electron chi connectivity index (χ4n) is 5.74. The maximum absolute atomic E-state index is 12.2. The molecule has 4 atom stereocenters. The molecule has 0 radical (unpaired) electrons. The molecule has 3 aliphatic heterocycles. The van der Waals surface area contributed by atoms with Gasteiger partial charge in [0.15, 0.2) is 5.78 Å². The highest BCUT2D eigenvalue weighted by Crippen LogP contribution is 2.51. The molecule has 2 bridgehead atoms. The number of carbonyl (C=O) groups is 1. The first-order chi connectivity index (χ1) is 13.0. The summed E-state index contributed by atoms with van der Waals surface area (Å²) in [5.41, 5.74) is 4.95. The fourth-order valence-corrected chi connectivity index (χ4v) is 5.74. The van der Waals surface area contributed by atoms with Crippen molar-refractivity contribution in [3.05, 3.63) is 41.3 Å². The third-order valence-electron chi connectivity index (χ3n) is 7.10. The lowest BCUT2D eigenvalue weighted by Crippen LogP contribution is -2.55. The van der Waals surface area contributed by atoms with Crippen LogP contribution in [-0.2, 0) is 23.0 Å². The van der Waals surface area contributed by atoms with Crippen LogP contribution in [0.5, 0.6) is 5.75 Å². The Morgan fingerprint density at radius 2 is 2.11 bits per heavy atom. The number of benzene rings is 1. The first kappa shape index (κ1) is 16.9. The Hall–Kier alpha value is -2.27. The summed E-state index contributed by atoms with van der Waals surface area (Å²) in [5, 5.41) is 1.33. The Balaban J connectivity index is 1.67. The zero-order valence-electron chi connectivity index (χ0n) is 16.4.